The third-order valence-electron chi connectivity index (χ3n) is 9.77. The van der Waals surface area contributed by atoms with Crippen LogP contribution in [-0.4, -0.2) is 15.0 Å². The van der Waals surface area contributed by atoms with Crippen LogP contribution in [0.25, 0.3) is 109 Å². The molecule has 6 heteroatoms. The summed E-state index contributed by atoms with van der Waals surface area (Å²) in [5, 5.41) is 6.57. The zero-order valence-corrected chi connectivity index (χ0v) is 27.8. The van der Waals surface area contributed by atoms with Crippen molar-refractivity contribution in [3.8, 4) is 45.3 Å². The fraction of sp³-hybridized carbons (Fsp3) is 0. The average molecular weight is 672 g/mol. The molecule has 0 amide bonds. The molecule has 0 bridgehead atoms. The molecule has 11 rings (SSSR count). The molecule has 0 spiro atoms. The van der Waals surface area contributed by atoms with Gasteiger partial charge in [-0.15, -0.1) is 11.3 Å². The Balaban J connectivity index is 1.21. The summed E-state index contributed by atoms with van der Waals surface area (Å²) >= 11 is 1.77. The van der Waals surface area contributed by atoms with Crippen molar-refractivity contribution in [2.24, 2.45) is 0 Å². The molecule has 4 heterocycles. The van der Waals surface area contributed by atoms with E-state index < -0.39 is 0 Å². The number of fused-ring (bicyclic) bond motifs is 9. The standard InChI is InChI=1S/C45H25N3O2S/c1-2-12-26(13-3-1)43-46-44(48-45(47-43)33-20-8-18-30-27-14-5-7-25-38(27)51-42(30)33)32-19-11-24-37-41(32)40-29(17-10-23-36(40)50-37)28-16-9-22-35-39(28)31-15-4-6-21-34(31)49-35/h1-25H. The molecule has 4 aromatic heterocycles. The molecule has 0 fully saturated rings. The predicted octanol–water partition coefficient (Wildman–Crippen LogP) is 12.7. The Hall–Kier alpha value is -6.63. The maximum atomic E-state index is 6.59. The predicted molar refractivity (Wildman–Crippen MR) is 209 cm³/mol. The summed E-state index contributed by atoms with van der Waals surface area (Å²) in [6.07, 6.45) is 0. The lowest BCUT2D eigenvalue weighted by Gasteiger charge is -2.11. The molecule has 0 aliphatic rings. The third-order valence-corrected chi connectivity index (χ3v) is 11.0. The van der Waals surface area contributed by atoms with E-state index in [-0.39, 0.29) is 0 Å². The van der Waals surface area contributed by atoms with E-state index in [4.69, 9.17) is 23.8 Å². The van der Waals surface area contributed by atoms with Crippen molar-refractivity contribution in [3.63, 3.8) is 0 Å². The fourth-order valence-electron chi connectivity index (χ4n) is 7.53. The van der Waals surface area contributed by atoms with Crippen LogP contribution in [0.5, 0.6) is 0 Å². The van der Waals surface area contributed by atoms with Gasteiger partial charge in [0.1, 0.15) is 22.3 Å². The van der Waals surface area contributed by atoms with Crippen LogP contribution in [0.2, 0.25) is 0 Å². The second-order valence-electron chi connectivity index (χ2n) is 12.7. The van der Waals surface area contributed by atoms with Crippen molar-refractivity contribution < 1.29 is 8.83 Å². The van der Waals surface area contributed by atoms with E-state index in [1.165, 1.54) is 15.5 Å². The first-order chi connectivity index (χ1) is 25.3. The van der Waals surface area contributed by atoms with Gasteiger partial charge in [-0.2, -0.15) is 0 Å². The second-order valence-corrected chi connectivity index (χ2v) is 13.7. The summed E-state index contributed by atoms with van der Waals surface area (Å²) in [4.78, 5) is 15.6. The van der Waals surface area contributed by atoms with Crippen LogP contribution < -0.4 is 0 Å². The molecular formula is C45H25N3O2S. The van der Waals surface area contributed by atoms with Gasteiger partial charge in [-0.3, -0.25) is 0 Å². The topological polar surface area (TPSA) is 65.0 Å². The highest BCUT2D eigenvalue weighted by Crippen LogP contribution is 2.45. The first-order valence-electron chi connectivity index (χ1n) is 16.9. The first kappa shape index (κ1) is 28.2. The van der Waals surface area contributed by atoms with Crippen LogP contribution in [0, 0.1) is 0 Å². The smallest absolute Gasteiger partial charge is 0.165 e. The maximum absolute atomic E-state index is 6.59. The van der Waals surface area contributed by atoms with Crippen LogP contribution in [0.15, 0.2) is 160 Å². The van der Waals surface area contributed by atoms with Crippen LogP contribution in [0.1, 0.15) is 0 Å². The summed E-state index contributed by atoms with van der Waals surface area (Å²) in [5.74, 6) is 1.84. The Morgan fingerprint density at radius 2 is 0.863 bits per heavy atom. The minimum absolute atomic E-state index is 0.590. The van der Waals surface area contributed by atoms with E-state index in [0.29, 0.717) is 17.5 Å². The maximum Gasteiger partial charge on any atom is 0.165 e. The molecule has 5 nitrogen and oxygen atoms in total. The third kappa shape index (κ3) is 4.30. The SMILES string of the molecule is c1ccc(-c2nc(-c3cccc4c3sc3ccccc34)nc(-c3cccc4oc5cccc(-c6cccc7oc8ccccc8c67)c5c34)n2)cc1. The molecule has 238 valence electrons. The van der Waals surface area contributed by atoms with E-state index in [1.807, 2.05) is 66.7 Å². The number of rotatable bonds is 4. The van der Waals surface area contributed by atoms with Gasteiger partial charge in [-0.1, -0.05) is 115 Å². The minimum atomic E-state index is 0.590. The van der Waals surface area contributed by atoms with Gasteiger partial charge in [-0.05, 0) is 47.5 Å². The van der Waals surface area contributed by atoms with Crippen molar-refractivity contribution in [2.75, 3.05) is 0 Å². The largest absolute Gasteiger partial charge is 0.456 e. The molecule has 0 aliphatic carbocycles. The van der Waals surface area contributed by atoms with Crippen LogP contribution in [-0.2, 0) is 0 Å². The van der Waals surface area contributed by atoms with Gasteiger partial charge < -0.3 is 8.83 Å². The monoisotopic (exact) mass is 671 g/mol. The lowest BCUT2D eigenvalue weighted by atomic mass is 9.94. The van der Waals surface area contributed by atoms with E-state index >= 15 is 0 Å². The van der Waals surface area contributed by atoms with Crippen LogP contribution in [0.4, 0.5) is 0 Å². The van der Waals surface area contributed by atoms with Crippen LogP contribution in [0.3, 0.4) is 0 Å². The van der Waals surface area contributed by atoms with Gasteiger partial charge in [0.15, 0.2) is 17.5 Å². The molecular weight excluding hydrogens is 647 g/mol. The van der Waals surface area contributed by atoms with E-state index in [2.05, 4.69) is 84.9 Å². The number of hydrogen-bond acceptors (Lipinski definition) is 6. The van der Waals surface area contributed by atoms with Crippen molar-refractivity contribution in [1.82, 2.24) is 15.0 Å². The van der Waals surface area contributed by atoms with Gasteiger partial charge >= 0.3 is 0 Å². The highest BCUT2D eigenvalue weighted by Gasteiger charge is 2.22. The first-order valence-corrected chi connectivity index (χ1v) is 17.7. The van der Waals surface area contributed by atoms with E-state index in [1.54, 1.807) is 11.3 Å². The number of benzene rings is 7. The Morgan fingerprint density at radius 1 is 0.353 bits per heavy atom. The van der Waals surface area contributed by atoms with Crippen LogP contribution >= 0.6 is 11.3 Å². The molecule has 0 radical (unpaired) electrons. The number of aromatic nitrogens is 3. The van der Waals surface area contributed by atoms with Crippen molar-refractivity contribution in [2.45, 2.75) is 0 Å². The fourth-order valence-corrected chi connectivity index (χ4v) is 8.74. The van der Waals surface area contributed by atoms with Gasteiger partial charge in [-0.25, -0.2) is 15.0 Å². The van der Waals surface area contributed by atoms with E-state index in [9.17, 15) is 0 Å². The number of hydrogen-bond donors (Lipinski definition) is 0. The lowest BCUT2D eigenvalue weighted by Crippen LogP contribution is -2.00. The normalized spacial score (nSPS) is 11.9. The quantitative estimate of drug-likeness (QED) is 0.186. The van der Waals surface area contributed by atoms with Gasteiger partial charge in [0, 0.05) is 58.4 Å². The van der Waals surface area contributed by atoms with Crippen molar-refractivity contribution in [3.05, 3.63) is 152 Å². The Bertz CT molecular complexity index is 3160. The molecule has 0 unspecified atom stereocenters. The van der Waals surface area contributed by atoms with E-state index in [0.717, 1.165) is 76.4 Å². The molecule has 11 aromatic rings. The zero-order valence-electron chi connectivity index (χ0n) is 27.0. The second kappa shape index (κ2) is 10.9. The number of nitrogens with zero attached hydrogens (tertiary/aromatic N) is 3. The molecule has 0 saturated carbocycles. The number of furan rings is 2. The summed E-state index contributed by atoms with van der Waals surface area (Å²) in [6.45, 7) is 0. The Labute approximate surface area is 295 Å². The van der Waals surface area contributed by atoms with Crippen molar-refractivity contribution in [1.29, 1.82) is 0 Å². The van der Waals surface area contributed by atoms with Crippen molar-refractivity contribution >= 4 is 75.4 Å². The highest BCUT2D eigenvalue weighted by molar-refractivity contribution is 7.26. The molecule has 0 atom stereocenters. The molecule has 0 N–H and O–H groups in total. The zero-order chi connectivity index (χ0) is 33.5. The molecule has 51 heavy (non-hydrogen) atoms. The minimum Gasteiger partial charge on any atom is -0.456 e. The summed E-state index contributed by atoms with van der Waals surface area (Å²) < 4.78 is 15.3. The summed E-state index contributed by atoms with van der Waals surface area (Å²) in [6, 6.07) is 51.9. The van der Waals surface area contributed by atoms with Gasteiger partial charge in [0.25, 0.3) is 0 Å². The van der Waals surface area contributed by atoms with Gasteiger partial charge in [0.05, 0.1) is 0 Å². The molecule has 7 aromatic carbocycles. The average Bonchev–Trinajstić information content (AvgIpc) is 3.89. The van der Waals surface area contributed by atoms with Gasteiger partial charge in [0.2, 0.25) is 0 Å². The lowest BCUT2D eigenvalue weighted by molar-refractivity contribution is 0.668. The molecule has 0 aliphatic heterocycles. The number of para-hydroxylation sites is 1. The summed E-state index contributed by atoms with van der Waals surface area (Å²) in [5.41, 5.74) is 8.22. The summed E-state index contributed by atoms with van der Waals surface area (Å²) in [7, 11) is 0. The number of thiophene rings is 1. The Kier molecular flexibility index (Phi) is 6.05. The molecule has 0 saturated heterocycles. The highest BCUT2D eigenvalue weighted by atomic mass is 32.1. The Morgan fingerprint density at radius 3 is 1.67 bits per heavy atom.